The van der Waals surface area contributed by atoms with Crippen molar-refractivity contribution in [2.45, 2.75) is 52.4 Å². The number of benzene rings is 2. The molecule has 0 amide bonds. The molecular weight excluding hydrogens is 592 g/mol. The molecule has 2 aliphatic rings. The Bertz CT molecular complexity index is 2230. The van der Waals surface area contributed by atoms with Gasteiger partial charge in [-0.15, -0.1) is 0 Å². The molecule has 0 unspecified atom stereocenters. The number of rotatable bonds is 4. The van der Waals surface area contributed by atoms with E-state index in [0.717, 1.165) is 67.1 Å². The molecule has 0 radical (unpaired) electrons. The first-order valence-corrected chi connectivity index (χ1v) is 16.4. The number of H-pyrrole nitrogens is 2. The molecule has 6 nitrogen and oxygen atoms in total. The molecule has 0 saturated carbocycles. The minimum atomic E-state index is -0.0158. The Morgan fingerprint density at radius 2 is 1.00 bits per heavy atom. The third-order valence-electron chi connectivity index (χ3n) is 9.03. The Morgan fingerprint density at radius 1 is 0.521 bits per heavy atom. The van der Waals surface area contributed by atoms with Crippen molar-refractivity contribution in [3.8, 4) is 33.8 Å². The van der Waals surface area contributed by atoms with Gasteiger partial charge in [0.1, 0.15) is 11.5 Å². The summed E-state index contributed by atoms with van der Waals surface area (Å²) in [7, 11) is 3.35. The van der Waals surface area contributed by atoms with Crippen LogP contribution in [-0.4, -0.2) is 34.2 Å². The Morgan fingerprint density at radius 3 is 1.48 bits per heavy atom. The van der Waals surface area contributed by atoms with Gasteiger partial charge in [-0.3, -0.25) is 0 Å². The Hall–Kier alpha value is -5.36. The van der Waals surface area contributed by atoms with Crippen molar-refractivity contribution >= 4 is 46.4 Å². The number of fused-ring (bicyclic) bond motifs is 8. The van der Waals surface area contributed by atoms with E-state index in [0.29, 0.717) is 11.5 Å². The molecule has 0 fully saturated rings. The van der Waals surface area contributed by atoms with Gasteiger partial charge in [-0.05, 0) is 100 Å². The summed E-state index contributed by atoms with van der Waals surface area (Å²) in [5.74, 6) is 1.41. The van der Waals surface area contributed by atoms with Gasteiger partial charge in [0.25, 0.3) is 0 Å². The zero-order chi connectivity index (χ0) is 33.8. The van der Waals surface area contributed by atoms with E-state index in [2.05, 4.69) is 118 Å². The molecule has 8 bridgehead atoms. The van der Waals surface area contributed by atoms with Crippen molar-refractivity contribution in [2.75, 3.05) is 14.2 Å². The zero-order valence-electron chi connectivity index (χ0n) is 28.9. The lowest BCUT2D eigenvalue weighted by atomic mass is 9.79. The third kappa shape index (κ3) is 5.83. The topological polar surface area (TPSA) is 75.8 Å². The number of nitrogens with one attached hydrogen (secondary N) is 2. The van der Waals surface area contributed by atoms with Crippen LogP contribution in [0, 0.1) is 0 Å². The molecule has 6 heteroatoms. The van der Waals surface area contributed by atoms with Gasteiger partial charge in [-0.25, -0.2) is 9.97 Å². The van der Waals surface area contributed by atoms with Crippen LogP contribution in [0.1, 0.15) is 75.4 Å². The van der Waals surface area contributed by atoms with Gasteiger partial charge in [0.15, 0.2) is 0 Å². The molecule has 0 saturated heterocycles. The van der Waals surface area contributed by atoms with Gasteiger partial charge in [0, 0.05) is 33.2 Å². The number of hydrogen-bond acceptors (Lipinski definition) is 4. The molecule has 48 heavy (non-hydrogen) atoms. The Labute approximate surface area is 282 Å². The summed E-state index contributed by atoms with van der Waals surface area (Å²) >= 11 is 0. The van der Waals surface area contributed by atoms with Crippen molar-refractivity contribution in [3.63, 3.8) is 0 Å². The van der Waals surface area contributed by atoms with Crippen molar-refractivity contribution < 1.29 is 9.47 Å². The second kappa shape index (κ2) is 11.7. The van der Waals surface area contributed by atoms with E-state index in [1.165, 1.54) is 11.1 Å². The van der Waals surface area contributed by atoms with Crippen molar-refractivity contribution in [3.05, 3.63) is 107 Å². The maximum absolute atomic E-state index is 5.84. The lowest BCUT2D eigenvalue weighted by molar-refractivity contribution is 0.397. The van der Waals surface area contributed by atoms with Crippen molar-refractivity contribution in [1.29, 1.82) is 0 Å². The number of ether oxygens (including phenoxy) is 2. The standard InChI is InChI=1S/C42H42N4O2/c1-41(2,3)26-20-25(21-27(22-26)42(4,5)6)38-32-16-12-28(43-32)23-30-14-18-34(45-30)39(40-36(47-7)10-9-11-37(40)48-8)35-19-15-31(46-35)24-29-13-17-33(38)44-29/h9-24,43,46H,1-8H3. The summed E-state index contributed by atoms with van der Waals surface area (Å²) in [5.41, 5.74) is 13.7. The number of methoxy groups -OCH3 is 2. The molecule has 2 aliphatic heterocycles. The normalized spacial score (nSPS) is 12.8. The molecule has 5 heterocycles. The molecular formula is C42H42N4O2. The van der Waals surface area contributed by atoms with E-state index in [-0.39, 0.29) is 10.8 Å². The highest BCUT2D eigenvalue weighted by Crippen LogP contribution is 2.43. The molecule has 242 valence electrons. The summed E-state index contributed by atoms with van der Waals surface area (Å²) in [6.45, 7) is 13.6. The fourth-order valence-electron chi connectivity index (χ4n) is 6.38. The quantitative estimate of drug-likeness (QED) is 0.202. The maximum Gasteiger partial charge on any atom is 0.130 e. The first-order chi connectivity index (χ1) is 22.9. The number of aromatic nitrogens is 4. The smallest absolute Gasteiger partial charge is 0.130 e. The van der Waals surface area contributed by atoms with Crippen LogP contribution in [0.2, 0.25) is 0 Å². The van der Waals surface area contributed by atoms with E-state index in [1.54, 1.807) is 14.2 Å². The van der Waals surface area contributed by atoms with Crippen LogP contribution in [0.5, 0.6) is 11.5 Å². The van der Waals surface area contributed by atoms with Crippen LogP contribution < -0.4 is 9.47 Å². The maximum atomic E-state index is 5.84. The van der Waals surface area contributed by atoms with E-state index in [4.69, 9.17) is 19.4 Å². The third-order valence-corrected chi connectivity index (χ3v) is 9.03. The average molecular weight is 635 g/mol. The monoisotopic (exact) mass is 634 g/mol. The van der Waals surface area contributed by atoms with Crippen LogP contribution >= 0.6 is 0 Å². The molecule has 0 aliphatic carbocycles. The SMILES string of the molecule is COc1cccc(OC)c1-c1c2nc(cc3ccc([nH]3)c(-c3cc(C(C)(C)C)cc(C(C)(C)C)c3)c3nc(cc4ccc1[nH]4)C=C3)C=C2. The summed E-state index contributed by atoms with van der Waals surface area (Å²) in [5, 5.41) is 0. The van der Waals surface area contributed by atoms with E-state index in [9.17, 15) is 0 Å². The summed E-state index contributed by atoms with van der Waals surface area (Å²) in [6, 6.07) is 25.4. The van der Waals surface area contributed by atoms with E-state index in [1.807, 2.05) is 30.4 Å². The van der Waals surface area contributed by atoms with E-state index < -0.39 is 0 Å². The molecule has 2 aromatic carbocycles. The number of hydrogen-bond donors (Lipinski definition) is 2. The van der Waals surface area contributed by atoms with Crippen LogP contribution in [-0.2, 0) is 10.8 Å². The zero-order valence-corrected chi connectivity index (χ0v) is 28.9. The molecule has 7 rings (SSSR count). The van der Waals surface area contributed by atoms with Crippen molar-refractivity contribution in [2.24, 2.45) is 0 Å². The summed E-state index contributed by atoms with van der Waals surface area (Å²) < 4.78 is 11.7. The molecule has 0 spiro atoms. The van der Waals surface area contributed by atoms with Crippen molar-refractivity contribution in [1.82, 2.24) is 19.9 Å². The second-order valence-corrected chi connectivity index (χ2v) is 14.5. The number of aromatic amines is 2. The Balaban J connectivity index is 1.56. The summed E-state index contributed by atoms with van der Waals surface area (Å²) in [4.78, 5) is 17.6. The number of nitrogens with zero attached hydrogens (tertiary/aromatic N) is 2. The van der Waals surface area contributed by atoms with Gasteiger partial charge >= 0.3 is 0 Å². The largest absolute Gasteiger partial charge is 0.496 e. The fraction of sp³-hybridized carbons (Fsp3) is 0.238. The highest BCUT2D eigenvalue weighted by molar-refractivity contribution is 5.96. The molecule has 5 aromatic rings. The van der Waals surface area contributed by atoms with E-state index >= 15 is 0 Å². The minimum Gasteiger partial charge on any atom is -0.496 e. The van der Waals surface area contributed by atoms with Gasteiger partial charge in [-0.2, -0.15) is 0 Å². The molecule has 2 N–H and O–H groups in total. The minimum absolute atomic E-state index is 0.0158. The predicted molar refractivity (Wildman–Crippen MR) is 200 cm³/mol. The highest BCUT2D eigenvalue weighted by Gasteiger charge is 2.23. The molecule has 0 atom stereocenters. The van der Waals surface area contributed by atoms with Gasteiger partial charge in [0.05, 0.1) is 42.6 Å². The first-order valence-electron chi connectivity index (χ1n) is 16.4. The Kier molecular flexibility index (Phi) is 7.62. The lowest BCUT2D eigenvalue weighted by Crippen LogP contribution is -2.16. The first kappa shape index (κ1) is 31.3. The lowest BCUT2D eigenvalue weighted by Gasteiger charge is -2.26. The van der Waals surface area contributed by atoms with Crippen LogP contribution in [0.4, 0.5) is 0 Å². The average Bonchev–Trinajstić information content (AvgIpc) is 3.87. The molecule has 3 aromatic heterocycles. The predicted octanol–water partition coefficient (Wildman–Crippen LogP) is 10.6. The van der Waals surface area contributed by atoms with Crippen LogP contribution in [0.3, 0.4) is 0 Å². The highest BCUT2D eigenvalue weighted by atomic mass is 16.5. The van der Waals surface area contributed by atoms with Gasteiger partial charge in [0.2, 0.25) is 0 Å². The summed E-state index contributed by atoms with van der Waals surface area (Å²) in [6.07, 6.45) is 8.30. The van der Waals surface area contributed by atoms with Gasteiger partial charge in [-0.1, -0.05) is 65.8 Å². The van der Waals surface area contributed by atoms with Gasteiger partial charge < -0.3 is 19.4 Å². The van der Waals surface area contributed by atoms with Crippen LogP contribution in [0.25, 0.3) is 68.6 Å². The fourth-order valence-corrected chi connectivity index (χ4v) is 6.38. The van der Waals surface area contributed by atoms with Crippen LogP contribution in [0.15, 0.2) is 72.8 Å². The second-order valence-electron chi connectivity index (χ2n) is 14.5.